The maximum Gasteiger partial charge on any atom is 0.319 e. The predicted octanol–water partition coefficient (Wildman–Crippen LogP) is 4.98. The second-order valence-corrected chi connectivity index (χ2v) is 8.41. The van der Waals surface area contributed by atoms with Crippen molar-refractivity contribution in [3.63, 3.8) is 0 Å². The van der Waals surface area contributed by atoms with Crippen LogP contribution in [0.4, 0.5) is 14.9 Å². The van der Waals surface area contributed by atoms with Gasteiger partial charge in [-0.1, -0.05) is 24.6 Å². The molecular weight excluding hydrogens is 415 g/mol. The van der Waals surface area contributed by atoms with Gasteiger partial charge in [0.15, 0.2) is 0 Å². The molecule has 0 bridgehead atoms. The number of aliphatic hydroxyl groups excluding tert-OH is 1. The van der Waals surface area contributed by atoms with Crippen molar-refractivity contribution in [2.24, 2.45) is 4.40 Å². The molecular formula is C23H29FN4O2S. The molecule has 0 saturated carbocycles. The minimum absolute atomic E-state index is 0.0940. The topological polar surface area (TPSA) is 77.0 Å². The van der Waals surface area contributed by atoms with Crippen LogP contribution in [0, 0.1) is 5.82 Å². The number of anilines is 1. The number of benzene rings is 2. The molecule has 0 aromatic heterocycles. The average molecular weight is 445 g/mol. The van der Waals surface area contributed by atoms with Crippen LogP contribution in [0.3, 0.4) is 0 Å². The van der Waals surface area contributed by atoms with E-state index >= 15 is 0 Å². The summed E-state index contributed by atoms with van der Waals surface area (Å²) in [6, 6.07) is 12.6. The fourth-order valence-electron chi connectivity index (χ4n) is 3.45. The van der Waals surface area contributed by atoms with E-state index in [9.17, 15) is 14.3 Å². The van der Waals surface area contributed by atoms with Gasteiger partial charge in [0.25, 0.3) is 0 Å². The van der Waals surface area contributed by atoms with Gasteiger partial charge in [0, 0.05) is 49.2 Å². The summed E-state index contributed by atoms with van der Waals surface area (Å²) in [6.45, 7) is 0.938. The Kier molecular flexibility index (Phi) is 8.73. The Bertz CT molecular complexity index is 891. The number of carbonyl (C=O) groups excluding carboxylic acids is 1. The Morgan fingerprint density at radius 1 is 1.23 bits per heavy atom. The van der Waals surface area contributed by atoms with E-state index in [-0.39, 0.29) is 18.5 Å². The summed E-state index contributed by atoms with van der Waals surface area (Å²) < 4.78 is 17.9. The highest BCUT2D eigenvalue weighted by Gasteiger charge is 2.15. The first kappa shape index (κ1) is 23.1. The van der Waals surface area contributed by atoms with Crippen molar-refractivity contribution in [3.8, 4) is 0 Å². The maximum absolute atomic E-state index is 13.2. The normalized spacial score (nSPS) is 16.6. The second-order valence-electron chi connectivity index (χ2n) is 7.57. The molecule has 1 heterocycles. The van der Waals surface area contributed by atoms with Crippen molar-refractivity contribution in [2.45, 2.75) is 43.0 Å². The van der Waals surface area contributed by atoms with Crippen molar-refractivity contribution in [1.29, 1.82) is 0 Å². The van der Waals surface area contributed by atoms with Crippen molar-refractivity contribution in [2.75, 3.05) is 25.5 Å². The van der Waals surface area contributed by atoms with Crippen molar-refractivity contribution >= 4 is 29.5 Å². The summed E-state index contributed by atoms with van der Waals surface area (Å²) in [5.41, 5.74) is 1.39. The zero-order valence-electron chi connectivity index (χ0n) is 17.7. The summed E-state index contributed by atoms with van der Waals surface area (Å²) in [4.78, 5) is 15.7. The first-order chi connectivity index (χ1) is 15.0. The fourth-order valence-corrected chi connectivity index (χ4v) is 4.21. The van der Waals surface area contributed by atoms with Crippen LogP contribution >= 0.6 is 11.9 Å². The molecule has 1 fully saturated rings. The molecule has 1 atom stereocenters. The van der Waals surface area contributed by atoms with Crippen LogP contribution in [0.1, 0.15) is 43.7 Å². The lowest BCUT2D eigenvalue weighted by Crippen LogP contribution is -2.33. The molecule has 1 saturated heterocycles. The van der Waals surface area contributed by atoms with Crippen molar-refractivity contribution in [3.05, 3.63) is 59.9 Å². The van der Waals surface area contributed by atoms with E-state index < -0.39 is 6.04 Å². The molecule has 2 aromatic rings. The van der Waals surface area contributed by atoms with Gasteiger partial charge in [0.1, 0.15) is 11.7 Å². The molecule has 2 aromatic carbocycles. The van der Waals surface area contributed by atoms with Crippen LogP contribution in [0.5, 0.6) is 0 Å². The number of carbonyl (C=O) groups is 1. The predicted molar refractivity (Wildman–Crippen MR) is 124 cm³/mol. The lowest BCUT2D eigenvalue weighted by Gasteiger charge is -2.19. The third-order valence-corrected chi connectivity index (χ3v) is 5.95. The molecule has 8 heteroatoms. The highest BCUT2D eigenvalue weighted by Crippen LogP contribution is 2.25. The zero-order chi connectivity index (χ0) is 22.1. The number of nitrogens with zero attached hydrogens (tertiary/aromatic N) is 2. The molecule has 0 spiro atoms. The van der Waals surface area contributed by atoms with E-state index in [0.717, 1.165) is 35.7 Å². The lowest BCUT2D eigenvalue weighted by atomic mass is 10.0. The number of likely N-dealkylation sites (tertiary alicyclic amines) is 1. The smallest absolute Gasteiger partial charge is 0.319 e. The molecule has 6 nitrogen and oxygen atoms in total. The minimum Gasteiger partial charge on any atom is -0.396 e. The molecule has 0 radical (unpaired) electrons. The molecule has 1 aliphatic rings. The maximum atomic E-state index is 13.2. The average Bonchev–Trinajstić information content (AvgIpc) is 2.96. The highest BCUT2D eigenvalue weighted by molar-refractivity contribution is 7.98. The van der Waals surface area contributed by atoms with Crippen LogP contribution in [-0.4, -0.2) is 42.1 Å². The monoisotopic (exact) mass is 444 g/mol. The highest BCUT2D eigenvalue weighted by atomic mass is 32.2. The Morgan fingerprint density at radius 3 is 2.81 bits per heavy atom. The number of urea groups is 1. The standard InChI is InChI=1S/C23H29FN4O2S/c1-28-14-4-2-3-8-22(28)27-31-20-7-5-6-19(16-20)25-23(30)26-21(13-15-29)17-9-11-18(24)12-10-17/h5-7,9-12,16,21,29H,2-4,8,13-15H2,1H3,(H2,25,26,30)/b27-22+. The van der Waals surface area contributed by atoms with Gasteiger partial charge in [-0.25, -0.2) is 9.18 Å². The van der Waals surface area contributed by atoms with Gasteiger partial charge in [0.05, 0.1) is 6.04 Å². The summed E-state index contributed by atoms with van der Waals surface area (Å²) in [6.07, 6.45) is 4.91. The minimum atomic E-state index is -0.416. The van der Waals surface area contributed by atoms with E-state index in [4.69, 9.17) is 4.40 Å². The summed E-state index contributed by atoms with van der Waals surface area (Å²) in [5.74, 6) is 0.758. The van der Waals surface area contributed by atoms with Crippen LogP contribution in [0.25, 0.3) is 0 Å². The van der Waals surface area contributed by atoms with E-state index in [1.807, 2.05) is 24.3 Å². The van der Waals surface area contributed by atoms with Gasteiger partial charge in [-0.3, -0.25) is 0 Å². The molecule has 2 amide bonds. The largest absolute Gasteiger partial charge is 0.396 e. The fraction of sp³-hybridized carbons (Fsp3) is 0.391. The van der Waals surface area contributed by atoms with Crippen LogP contribution in [0.15, 0.2) is 57.8 Å². The number of nitrogens with one attached hydrogen (secondary N) is 2. The molecule has 1 unspecified atom stereocenters. The number of amidine groups is 1. The summed E-state index contributed by atoms with van der Waals surface area (Å²) in [7, 11) is 2.08. The van der Waals surface area contributed by atoms with Crippen molar-refractivity contribution in [1.82, 2.24) is 10.2 Å². The SMILES string of the molecule is CN1CCCCC/C1=N\Sc1cccc(NC(=O)NC(CCO)c2ccc(F)cc2)c1. The second kappa shape index (κ2) is 11.7. The van der Waals surface area contributed by atoms with E-state index in [1.165, 1.54) is 36.9 Å². The number of halogens is 1. The molecule has 1 aliphatic heterocycles. The number of aliphatic hydroxyl groups is 1. The Morgan fingerprint density at radius 2 is 2.03 bits per heavy atom. The van der Waals surface area contributed by atoms with Gasteiger partial charge in [-0.2, -0.15) is 4.40 Å². The molecule has 3 rings (SSSR count). The Labute approximate surface area is 187 Å². The molecule has 166 valence electrons. The Hall–Kier alpha value is -2.58. The number of hydrogen-bond donors (Lipinski definition) is 3. The van der Waals surface area contributed by atoms with Gasteiger partial charge in [-0.15, -0.1) is 0 Å². The third-order valence-electron chi connectivity index (χ3n) is 5.18. The quantitative estimate of drug-likeness (QED) is 0.526. The van der Waals surface area contributed by atoms with Crippen LogP contribution < -0.4 is 10.6 Å². The summed E-state index contributed by atoms with van der Waals surface area (Å²) in [5, 5.41) is 15.0. The Balaban J connectivity index is 1.61. The van der Waals surface area contributed by atoms with Gasteiger partial charge in [-0.05, 0) is 55.2 Å². The first-order valence-corrected chi connectivity index (χ1v) is 11.3. The van der Waals surface area contributed by atoms with E-state index in [2.05, 4.69) is 22.6 Å². The van der Waals surface area contributed by atoms with Gasteiger partial charge in [0.2, 0.25) is 0 Å². The van der Waals surface area contributed by atoms with Crippen molar-refractivity contribution < 1.29 is 14.3 Å². The third kappa shape index (κ3) is 7.25. The lowest BCUT2D eigenvalue weighted by molar-refractivity contribution is 0.239. The van der Waals surface area contributed by atoms with E-state index in [1.54, 1.807) is 12.1 Å². The number of amides is 2. The van der Waals surface area contributed by atoms with Crippen LogP contribution in [0.2, 0.25) is 0 Å². The number of rotatable bonds is 7. The first-order valence-electron chi connectivity index (χ1n) is 10.5. The molecule has 3 N–H and O–H groups in total. The molecule has 31 heavy (non-hydrogen) atoms. The van der Waals surface area contributed by atoms with E-state index in [0.29, 0.717) is 12.1 Å². The zero-order valence-corrected chi connectivity index (χ0v) is 18.5. The van der Waals surface area contributed by atoms with Gasteiger partial charge >= 0.3 is 6.03 Å². The molecule has 0 aliphatic carbocycles. The number of hydrogen-bond acceptors (Lipinski definition) is 4. The van der Waals surface area contributed by atoms with Gasteiger partial charge < -0.3 is 20.6 Å². The summed E-state index contributed by atoms with van der Waals surface area (Å²) >= 11 is 1.41. The van der Waals surface area contributed by atoms with Crippen LogP contribution in [-0.2, 0) is 0 Å².